The molecule has 0 aromatic rings. The molecule has 0 atom stereocenters. The maximum Gasteiger partial charge on any atom is 0.238 e. The van der Waals surface area contributed by atoms with Crippen LogP contribution >= 0.6 is 11.6 Å². The van der Waals surface area contributed by atoms with Crippen LogP contribution in [0.1, 0.15) is 13.8 Å². The van der Waals surface area contributed by atoms with E-state index in [-0.39, 0.29) is 5.88 Å². The van der Waals surface area contributed by atoms with Gasteiger partial charge >= 0.3 is 0 Å². The number of hydrogen-bond donors (Lipinski definition) is 0. The zero-order valence-corrected chi connectivity index (χ0v) is 11.6. The normalized spacial score (nSPS) is 13.1. The van der Waals surface area contributed by atoms with Crippen LogP contribution in [0.5, 0.6) is 0 Å². The molecule has 0 amide bonds. The molecule has 15 heavy (non-hydrogen) atoms. The van der Waals surface area contributed by atoms with Gasteiger partial charge in [-0.05, 0) is 19.6 Å². The molecule has 0 saturated carbocycles. The molecular weight excluding hydrogens is 228 g/mol. The molecule has 3 nitrogen and oxygen atoms in total. The van der Waals surface area contributed by atoms with Gasteiger partial charge in [-0.25, -0.2) is 0 Å². The van der Waals surface area contributed by atoms with Crippen LogP contribution in [-0.2, 0) is 4.43 Å². The van der Waals surface area contributed by atoms with Crippen molar-refractivity contribution >= 4 is 19.9 Å². The van der Waals surface area contributed by atoms with Crippen LogP contribution in [0.2, 0.25) is 19.6 Å². The van der Waals surface area contributed by atoms with Gasteiger partial charge in [0.2, 0.25) is 5.60 Å². The van der Waals surface area contributed by atoms with Gasteiger partial charge in [0.1, 0.15) is 12.1 Å². The molecule has 0 heterocycles. The van der Waals surface area contributed by atoms with Gasteiger partial charge in [0.15, 0.2) is 8.32 Å². The van der Waals surface area contributed by atoms with Crippen molar-refractivity contribution in [2.45, 2.75) is 39.1 Å². The fourth-order valence-corrected chi connectivity index (χ4v) is 2.54. The second kappa shape index (κ2) is 4.53. The van der Waals surface area contributed by atoms with E-state index < -0.39 is 19.3 Å². The molecule has 0 rings (SSSR count). The van der Waals surface area contributed by atoms with Crippen LogP contribution in [0.4, 0.5) is 0 Å². The van der Waals surface area contributed by atoms with E-state index in [1.165, 1.54) is 0 Å². The fraction of sp³-hybridized carbons (Fsp3) is 0.800. The summed E-state index contributed by atoms with van der Waals surface area (Å²) in [5, 5.41) is 18.3. The lowest BCUT2D eigenvalue weighted by Gasteiger charge is -2.38. The van der Waals surface area contributed by atoms with E-state index in [0.717, 1.165) is 0 Å². The van der Waals surface area contributed by atoms with E-state index in [2.05, 4.69) is 0 Å². The molecule has 0 aromatic carbocycles. The van der Waals surface area contributed by atoms with Crippen molar-refractivity contribution in [1.82, 2.24) is 0 Å². The summed E-state index contributed by atoms with van der Waals surface area (Å²) in [5.74, 6) is 0.207. The smallest absolute Gasteiger partial charge is 0.238 e. The van der Waals surface area contributed by atoms with Gasteiger partial charge < -0.3 is 4.43 Å². The molecule has 0 radical (unpaired) electrons. The van der Waals surface area contributed by atoms with E-state index in [1.54, 1.807) is 13.8 Å². The Morgan fingerprint density at radius 3 is 1.80 bits per heavy atom. The van der Waals surface area contributed by atoms with Crippen molar-refractivity contribution in [2.75, 3.05) is 5.88 Å². The molecule has 0 fully saturated rings. The number of nitriles is 2. The molecule has 0 aliphatic rings. The van der Waals surface area contributed by atoms with Gasteiger partial charge in [-0.15, -0.1) is 11.6 Å². The zero-order chi connectivity index (χ0) is 12.3. The molecule has 0 bridgehead atoms. The number of alkyl halides is 1. The summed E-state index contributed by atoms with van der Waals surface area (Å²) in [4.78, 5) is 0. The van der Waals surface area contributed by atoms with Crippen molar-refractivity contribution in [3.05, 3.63) is 0 Å². The highest BCUT2D eigenvalue weighted by Crippen LogP contribution is 2.36. The predicted octanol–water partition coefficient (Wildman–Crippen LogP) is 2.89. The highest BCUT2D eigenvalue weighted by atomic mass is 35.5. The highest BCUT2D eigenvalue weighted by Gasteiger charge is 2.49. The first-order chi connectivity index (χ1) is 6.64. The van der Waals surface area contributed by atoms with Gasteiger partial charge in [-0.1, -0.05) is 13.8 Å². The lowest BCUT2D eigenvalue weighted by atomic mass is 9.78. The first kappa shape index (κ1) is 14.4. The highest BCUT2D eigenvalue weighted by molar-refractivity contribution is 6.69. The molecule has 0 aromatic heterocycles. The quantitative estimate of drug-likeness (QED) is 0.564. The van der Waals surface area contributed by atoms with E-state index in [1.807, 2.05) is 31.8 Å². The predicted molar refractivity (Wildman–Crippen MR) is 62.9 cm³/mol. The van der Waals surface area contributed by atoms with Crippen LogP contribution in [0.15, 0.2) is 0 Å². The standard InChI is InChI=1S/C10H17ClN2OSi/c1-9(2,6-11)10(7-12,8-13)14-15(3,4)5/h6H2,1-5H3. The van der Waals surface area contributed by atoms with Crippen LogP contribution in [0, 0.1) is 28.1 Å². The van der Waals surface area contributed by atoms with Crippen molar-refractivity contribution in [2.24, 2.45) is 5.41 Å². The summed E-state index contributed by atoms with van der Waals surface area (Å²) >= 11 is 5.80. The average Bonchev–Trinajstić information content (AvgIpc) is 2.12. The lowest BCUT2D eigenvalue weighted by molar-refractivity contribution is 0.0647. The molecule has 0 aliphatic heterocycles. The van der Waals surface area contributed by atoms with Crippen LogP contribution in [0.3, 0.4) is 0 Å². The SMILES string of the molecule is CC(C)(CCl)C(C#N)(C#N)O[Si](C)(C)C. The van der Waals surface area contributed by atoms with Gasteiger partial charge in [0, 0.05) is 11.3 Å². The Morgan fingerprint density at radius 2 is 1.60 bits per heavy atom. The van der Waals surface area contributed by atoms with Crippen LogP contribution < -0.4 is 0 Å². The molecular formula is C10H17ClN2OSi. The number of rotatable bonds is 4. The number of halogens is 1. The Hall–Kier alpha value is -0.553. The van der Waals surface area contributed by atoms with Crippen LogP contribution in [0.25, 0.3) is 0 Å². The molecule has 0 N–H and O–H groups in total. The Morgan fingerprint density at radius 1 is 1.20 bits per heavy atom. The second-order valence-corrected chi connectivity index (χ2v) is 9.83. The van der Waals surface area contributed by atoms with E-state index in [9.17, 15) is 10.5 Å². The van der Waals surface area contributed by atoms with Gasteiger partial charge in [0.05, 0.1) is 0 Å². The number of nitrogens with zero attached hydrogens (tertiary/aromatic N) is 2. The monoisotopic (exact) mass is 244 g/mol. The van der Waals surface area contributed by atoms with Crippen molar-refractivity contribution in [3.63, 3.8) is 0 Å². The van der Waals surface area contributed by atoms with Crippen molar-refractivity contribution < 1.29 is 4.43 Å². The molecule has 0 unspecified atom stereocenters. The second-order valence-electron chi connectivity index (χ2n) is 5.14. The summed E-state index contributed by atoms with van der Waals surface area (Å²) < 4.78 is 5.71. The van der Waals surface area contributed by atoms with E-state index >= 15 is 0 Å². The molecule has 0 aliphatic carbocycles. The Labute approximate surface area is 97.7 Å². The average molecular weight is 245 g/mol. The first-order valence-electron chi connectivity index (χ1n) is 4.73. The number of hydrogen-bond acceptors (Lipinski definition) is 3. The molecule has 84 valence electrons. The van der Waals surface area contributed by atoms with E-state index in [4.69, 9.17) is 16.0 Å². The Balaban J connectivity index is 5.30. The van der Waals surface area contributed by atoms with Gasteiger partial charge in [-0.2, -0.15) is 10.5 Å². The minimum Gasteiger partial charge on any atom is -0.389 e. The van der Waals surface area contributed by atoms with E-state index in [0.29, 0.717) is 0 Å². The maximum atomic E-state index is 9.17. The lowest BCUT2D eigenvalue weighted by Crippen LogP contribution is -2.51. The topological polar surface area (TPSA) is 56.8 Å². The molecule has 0 spiro atoms. The molecule has 0 saturated heterocycles. The summed E-state index contributed by atoms with van der Waals surface area (Å²) in [7, 11) is -1.96. The van der Waals surface area contributed by atoms with Gasteiger partial charge in [-0.3, -0.25) is 0 Å². The first-order valence-corrected chi connectivity index (χ1v) is 8.67. The van der Waals surface area contributed by atoms with Crippen molar-refractivity contribution in [3.8, 4) is 12.1 Å². The third-order valence-electron chi connectivity index (χ3n) is 2.06. The fourth-order valence-electron chi connectivity index (χ4n) is 1.06. The summed E-state index contributed by atoms with van der Waals surface area (Å²) in [6.45, 7) is 9.38. The summed E-state index contributed by atoms with van der Waals surface area (Å²) in [5.41, 5.74) is -2.13. The minimum atomic E-state index is -1.96. The summed E-state index contributed by atoms with van der Waals surface area (Å²) in [6.07, 6.45) is 0. The minimum absolute atomic E-state index is 0.207. The zero-order valence-electron chi connectivity index (χ0n) is 9.89. The molecule has 5 heteroatoms. The third kappa shape index (κ3) is 3.20. The Bertz CT molecular complexity index is 295. The third-order valence-corrected chi connectivity index (χ3v) is 3.65. The maximum absolute atomic E-state index is 9.17. The van der Waals surface area contributed by atoms with Crippen molar-refractivity contribution in [1.29, 1.82) is 10.5 Å². The van der Waals surface area contributed by atoms with Crippen LogP contribution in [-0.4, -0.2) is 19.8 Å². The largest absolute Gasteiger partial charge is 0.389 e. The summed E-state index contributed by atoms with van der Waals surface area (Å²) in [6, 6.07) is 3.96. The Kier molecular flexibility index (Phi) is 4.36. The van der Waals surface area contributed by atoms with Gasteiger partial charge in [0.25, 0.3) is 0 Å².